The lowest BCUT2D eigenvalue weighted by Crippen LogP contribution is -2.16. The van der Waals surface area contributed by atoms with Crippen molar-refractivity contribution < 1.29 is 4.74 Å². The third kappa shape index (κ3) is 3.58. The number of aryl methyl sites for hydroxylation is 1. The Bertz CT molecular complexity index is 1260. The van der Waals surface area contributed by atoms with Crippen LogP contribution in [0.2, 0.25) is 0 Å². The Morgan fingerprint density at radius 1 is 1.17 bits per heavy atom. The van der Waals surface area contributed by atoms with Gasteiger partial charge in [-0.25, -0.2) is 0 Å². The Morgan fingerprint density at radius 3 is 2.76 bits per heavy atom. The minimum atomic E-state index is -0.141. The monoisotopic (exact) mass is 450 g/mol. The van der Waals surface area contributed by atoms with Crippen LogP contribution in [0, 0.1) is 6.92 Å². The molecule has 0 spiro atoms. The second-order valence-corrected chi connectivity index (χ2v) is 8.21. The molecular weight excluding hydrogens is 432 g/mol. The summed E-state index contributed by atoms with van der Waals surface area (Å²) < 4.78 is 10.4. The Balaban J connectivity index is 1.40. The van der Waals surface area contributed by atoms with Crippen molar-refractivity contribution in [1.82, 2.24) is 19.3 Å². The molecule has 7 heteroatoms. The zero-order chi connectivity index (χ0) is 20.0. The molecule has 4 aromatic rings. The van der Waals surface area contributed by atoms with Gasteiger partial charge in [-0.05, 0) is 72.1 Å². The second kappa shape index (κ2) is 7.15. The molecule has 29 heavy (non-hydrogen) atoms. The molecule has 1 fully saturated rings. The van der Waals surface area contributed by atoms with Crippen molar-refractivity contribution in [3.8, 4) is 11.4 Å². The van der Waals surface area contributed by atoms with E-state index in [9.17, 15) is 4.79 Å². The van der Waals surface area contributed by atoms with Gasteiger partial charge in [0.15, 0.2) is 0 Å². The van der Waals surface area contributed by atoms with Crippen LogP contribution < -0.4 is 10.3 Å². The summed E-state index contributed by atoms with van der Waals surface area (Å²) in [4.78, 5) is 17.0. The number of hydrogen-bond donors (Lipinski definition) is 0. The third-order valence-electron chi connectivity index (χ3n) is 5.17. The summed E-state index contributed by atoms with van der Waals surface area (Å²) in [6.07, 6.45) is 5.85. The summed E-state index contributed by atoms with van der Waals surface area (Å²) in [5.74, 6) is 0.523. The lowest BCUT2D eigenvalue weighted by molar-refractivity contribution is 0.300. The van der Waals surface area contributed by atoms with E-state index < -0.39 is 0 Å². The van der Waals surface area contributed by atoms with Crippen LogP contribution in [0.15, 0.2) is 64.1 Å². The van der Waals surface area contributed by atoms with Crippen LogP contribution in [0.3, 0.4) is 0 Å². The average Bonchev–Trinajstić information content (AvgIpc) is 3.52. The lowest BCUT2D eigenvalue weighted by Gasteiger charge is -2.09. The molecule has 0 aliphatic heterocycles. The van der Waals surface area contributed by atoms with Crippen LogP contribution >= 0.6 is 15.9 Å². The van der Waals surface area contributed by atoms with E-state index in [1.54, 1.807) is 23.0 Å². The number of benzene rings is 1. The molecule has 1 aliphatic rings. The fourth-order valence-corrected chi connectivity index (χ4v) is 3.69. The molecule has 0 atom stereocenters. The molecule has 1 aromatic carbocycles. The lowest BCUT2D eigenvalue weighted by atomic mass is 10.2. The summed E-state index contributed by atoms with van der Waals surface area (Å²) in [6.45, 7) is 2.40. The van der Waals surface area contributed by atoms with Crippen molar-refractivity contribution in [3.05, 3.63) is 81.1 Å². The van der Waals surface area contributed by atoms with Crippen molar-refractivity contribution in [2.45, 2.75) is 32.4 Å². The molecule has 0 amide bonds. The Hall–Kier alpha value is -2.93. The molecule has 6 nitrogen and oxygen atoms in total. The Morgan fingerprint density at radius 2 is 2.03 bits per heavy atom. The number of hydrogen-bond acceptors (Lipinski definition) is 4. The van der Waals surface area contributed by atoms with Gasteiger partial charge in [-0.1, -0.05) is 0 Å². The average molecular weight is 451 g/mol. The molecule has 146 valence electrons. The highest BCUT2D eigenvalue weighted by Gasteiger charge is 2.26. The van der Waals surface area contributed by atoms with Gasteiger partial charge < -0.3 is 4.74 Å². The van der Waals surface area contributed by atoms with Crippen molar-refractivity contribution in [1.29, 1.82) is 0 Å². The number of rotatable bonds is 5. The molecular formula is C22H19BrN4O2. The molecule has 0 unspecified atom stereocenters. The zero-order valence-electron chi connectivity index (χ0n) is 15.9. The van der Waals surface area contributed by atoms with E-state index in [-0.39, 0.29) is 5.56 Å². The smallest absolute Gasteiger partial charge is 0.258 e. The molecule has 0 saturated heterocycles. The molecule has 0 bridgehead atoms. The van der Waals surface area contributed by atoms with Gasteiger partial charge in [0.25, 0.3) is 5.56 Å². The maximum atomic E-state index is 12.7. The second-order valence-electron chi connectivity index (χ2n) is 7.29. The zero-order valence-corrected chi connectivity index (χ0v) is 17.5. The topological polar surface area (TPSA) is 61.9 Å². The van der Waals surface area contributed by atoms with E-state index in [1.807, 2.05) is 30.3 Å². The van der Waals surface area contributed by atoms with Crippen LogP contribution in [0.5, 0.6) is 5.75 Å². The molecule has 0 radical (unpaired) electrons. The highest BCUT2D eigenvalue weighted by molar-refractivity contribution is 9.10. The number of aromatic nitrogens is 4. The minimum absolute atomic E-state index is 0.141. The molecule has 3 aromatic heterocycles. The van der Waals surface area contributed by atoms with E-state index in [0.29, 0.717) is 18.4 Å². The van der Waals surface area contributed by atoms with E-state index in [4.69, 9.17) is 9.84 Å². The van der Waals surface area contributed by atoms with E-state index in [2.05, 4.69) is 32.5 Å². The summed E-state index contributed by atoms with van der Waals surface area (Å²) >= 11 is 3.36. The molecule has 0 N–H and O–H groups in total. The number of ether oxygens (including phenoxy) is 1. The van der Waals surface area contributed by atoms with Gasteiger partial charge in [-0.2, -0.15) is 5.10 Å². The SMILES string of the molecule is Cc1c2cc(-n3ccc(OCc4ccc(Br)cn4)cc3=O)ccc2nn1C1CC1. The van der Waals surface area contributed by atoms with Crippen molar-refractivity contribution in [3.63, 3.8) is 0 Å². The van der Waals surface area contributed by atoms with Gasteiger partial charge in [-0.15, -0.1) is 0 Å². The van der Waals surface area contributed by atoms with Gasteiger partial charge in [-0.3, -0.25) is 19.0 Å². The van der Waals surface area contributed by atoms with Crippen LogP contribution in [-0.4, -0.2) is 19.3 Å². The molecule has 5 rings (SSSR count). The summed E-state index contributed by atoms with van der Waals surface area (Å²) in [5, 5.41) is 5.79. The van der Waals surface area contributed by atoms with Crippen LogP contribution in [0.1, 0.15) is 30.3 Å². The molecule has 1 aliphatic carbocycles. The summed E-state index contributed by atoms with van der Waals surface area (Å²) in [5.41, 5.74) is 3.60. The van der Waals surface area contributed by atoms with Crippen molar-refractivity contribution >= 4 is 26.8 Å². The molecule has 3 heterocycles. The minimum Gasteiger partial charge on any atom is -0.487 e. The number of fused-ring (bicyclic) bond motifs is 1. The van der Waals surface area contributed by atoms with Gasteiger partial charge in [0.1, 0.15) is 12.4 Å². The van der Waals surface area contributed by atoms with Gasteiger partial charge in [0, 0.05) is 39.7 Å². The highest BCUT2D eigenvalue weighted by atomic mass is 79.9. The largest absolute Gasteiger partial charge is 0.487 e. The van der Waals surface area contributed by atoms with Crippen molar-refractivity contribution in [2.24, 2.45) is 0 Å². The van der Waals surface area contributed by atoms with Crippen LogP contribution in [-0.2, 0) is 6.61 Å². The number of halogens is 1. The number of pyridine rings is 2. The first-order valence-electron chi connectivity index (χ1n) is 9.54. The van der Waals surface area contributed by atoms with Gasteiger partial charge >= 0.3 is 0 Å². The van der Waals surface area contributed by atoms with E-state index >= 15 is 0 Å². The summed E-state index contributed by atoms with van der Waals surface area (Å²) in [6, 6.07) is 13.6. The third-order valence-corrected chi connectivity index (χ3v) is 5.64. The van der Waals surface area contributed by atoms with E-state index in [0.717, 1.165) is 32.5 Å². The number of nitrogens with zero attached hydrogens (tertiary/aromatic N) is 4. The first-order valence-corrected chi connectivity index (χ1v) is 10.3. The fourth-order valence-electron chi connectivity index (χ4n) is 3.45. The fraction of sp³-hybridized carbons (Fsp3) is 0.227. The Labute approximate surface area is 175 Å². The standard InChI is InChI=1S/C22H19BrN4O2/c1-14-20-10-18(6-7-21(20)25-27(14)17-4-5-17)26-9-8-19(11-22(26)28)29-13-16-3-2-15(23)12-24-16/h2-3,6-12,17H,4-5,13H2,1H3. The predicted molar refractivity (Wildman–Crippen MR) is 115 cm³/mol. The highest BCUT2D eigenvalue weighted by Crippen LogP contribution is 2.37. The Kier molecular flexibility index (Phi) is 4.47. The van der Waals surface area contributed by atoms with E-state index in [1.165, 1.54) is 18.9 Å². The van der Waals surface area contributed by atoms with Gasteiger partial charge in [0.2, 0.25) is 0 Å². The maximum Gasteiger partial charge on any atom is 0.258 e. The molecule has 1 saturated carbocycles. The van der Waals surface area contributed by atoms with Crippen LogP contribution in [0.4, 0.5) is 0 Å². The van der Waals surface area contributed by atoms with Gasteiger partial charge in [0.05, 0.1) is 17.3 Å². The first-order chi connectivity index (χ1) is 14.1. The quantitative estimate of drug-likeness (QED) is 0.446. The van der Waals surface area contributed by atoms with Crippen molar-refractivity contribution in [2.75, 3.05) is 0 Å². The maximum absolute atomic E-state index is 12.7. The normalized spacial score (nSPS) is 13.7. The predicted octanol–water partition coefficient (Wildman–Crippen LogP) is 4.57. The first kappa shape index (κ1) is 18.1. The van der Waals surface area contributed by atoms with Crippen LogP contribution in [0.25, 0.3) is 16.6 Å². The summed E-state index contributed by atoms with van der Waals surface area (Å²) in [7, 11) is 0.